The van der Waals surface area contributed by atoms with E-state index in [2.05, 4.69) is 41.0 Å². The highest BCUT2D eigenvalue weighted by atomic mass is 32.2. The van der Waals surface area contributed by atoms with Gasteiger partial charge in [0.1, 0.15) is 12.1 Å². The Morgan fingerprint density at radius 3 is 2.06 bits per heavy atom. The van der Waals surface area contributed by atoms with Gasteiger partial charge in [0, 0.05) is 19.0 Å². The minimum atomic E-state index is -3.57. The summed E-state index contributed by atoms with van der Waals surface area (Å²) in [6.45, 7) is 11.5. The Balaban J connectivity index is 1.39. The third kappa shape index (κ3) is 8.47. The largest absolute Gasteiger partial charge is 0.347 e. The molecular formula is C39H61N5O7S. The van der Waals surface area contributed by atoms with Gasteiger partial charge >= 0.3 is 6.03 Å². The lowest BCUT2D eigenvalue weighted by molar-refractivity contribution is -0.146. The number of amides is 5. The smallest absolute Gasteiger partial charge is 0.315 e. The van der Waals surface area contributed by atoms with Crippen molar-refractivity contribution in [2.75, 3.05) is 12.3 Å². The van der Waals surface area contributed by atoms with Crippen LogP contribution in [0.5, 0.6) is 0 Å². The number of urea groups is 1. The van der Waals surface area contributed by atoms with Gasteiger partial charge in [-0.15, -0.1) is 12.3 Å². The van der Waals surface area contributed by atoms with E-state index in [0.717, 1.165) is 51.4 Å². The monoisotopic (exact) mass is 743 g/mol. The Morgan fingerprint density at radius 1 is 0.904 bits per heavy atom. The van der Waals surface area contributed by atoms with Crippen molar-refractivity contribution >= 4 is 39.4 Å². The Bertz CT molecular complexity index is 1560. The summed E-state index contributed by atoms with van der Waals surface area (Å²) in [7, 11) is -3.57. The van der Waals surface area contributed by atoms with Crippen LogP contribution < -0.4 is 21.3 Å². The molecule has 13 heteroatoms. The van der Waals surface area contributed by atoms with Crippen LogP contribution in [0.1, 0.15) is 131 Å². The minimum Gasteiger partial charge on any atom is -0.347 e. The first-order valence-corrected chi connectivity index (χ1v) is 21.1. The van der Waals surface area contributed by atoms with Gasteiger partial charge in [-0.05, 0) is 88.4 Å². The molecule has 52 heavy (non-hydrogen) atoms. The SMILES string of the molecule is C#CCC[C@H](NC(=O)[C@@H]1[C@@H]2[C@H](CN1C(=O)[C@@H](NC(=O)NC1(CS(=O)(=O)C(C)(C)C)CCCCC1)C1(C)CCCCC1)C2(C)C)C(=O)C(=O)NC1CC1. The molecule has 5 fully saturated rings. The average Bonchev–Trinajstić information content (AvgIpc) is 3.92. The molecule has 0 radical (unpaired) electrons. The van der Waals surface area contributed by atoms with Crippen LogP contribution in [-0.2, 0) is 29.0 Å². The number of terminal acetylenes is 1. The van der Waals surface area contributed by atoms with E-state index in [0.29, 0.717) is 32.2 Å². The van der Waals surface area contributed by atoms with E-state index in [9.17, 15) is 32.4 Å². The predicted molar refractivity (Wildman–Crippen MR) is 198 cm³/mol. The molecule has 1 aliphatic heterocycles. The normalized spacial score (nSPS) is 27.2. The van der Waals surface area contributed by atoms with E-state index in [1.165, 1.54) is 0 Å². The zero-order valence-electron chi connectivity index (χ0n) is 32.1. The van der Waals surface area contributed by atoms with Gasteiger partial charge in [-0.25, -0.2) is 13.2 Å². The summed E-state index contributed by atoms with van der Waals surface area (Å²) >= 11 is 0. The molecule has 1 heterocycles. The summed E-state index contributed by atoms with van der Waals surface area (Å²) in [4.78, 5) is 70.7. The van der Waals surface area contributed by atoms with E-state index in [-0.39, 0.29) is 47.8 Å². The second-order valence-electron chi connectivity index (χ2n) is 18.3. The van der Waals surface area contributed by atoms with Gasteiger partial charge in [0.05, 0.1) is 22.1 Å². The van der Waals surface area contributed by atoms with Gasteiger partial charge < -0.3 is 26.2 Å². The first-order valence-electron chi connectivity index (χ1n) is 19.5. The number of carbonyl (C=O) groups is 5. The number of hydrogen-bond donors (Lipinski definition) is 4. The lowest BCUT2D eigenvalue weighted by Crippen LogP contribution is -2.65. The molecule has 1 saturated heterocycles. The van der Waals surface area contributed by atoms with Crippen LogP contribution in [0.2, 0.25) is 0 Å². The van der Waals surface area contributed by atoms with Gasteiger partial charge in [0.2, 0.25) is 17.6 Å². The zero-order chi connectivity index (χ0) is 38.3. The number of fused-ring (bicyclic) bond motifs is 1. The maximum atomic E-state index is 14.9. The number of ketones is 1. The number of piperidine rings is 1. The quantitative estimate of drug-likeness (QED) is 0.164. The van der Waals surface area contributed by atoms with Crippen LogP contribution in [0.15, 0.2) is 0 Å². The zero-order valence-corrected chi connectivity index (χ0v) is 32.9. The molecule has 0 unspecified atom stereocenters. The van der Waals surface area contributed by atoms with E-state index in [1.807, 2.05) is 6.92 Å². The van der Waals surface area contributed by atoms with Crippen LogP contribution >= 0.6 is 0 Å². The van der Waals surface area contributed by atoms with Gasteiger partial charge in [0.15, 0.2) is 9.84 Å². The lowest BCUT2D eigenvalue weighted by Gasteiger charge is -2.44. The minimum absolute atomic E-state index is 0.0323. The molecular weight excluding hydrogens is 683 g/mol. The van der Waals surface area contributed by atoms with E-state index < -0.39 is 67.3 Å². The average molecular weight is 744 g/mol. The molecule has 4 N–H and O–H groups in total. The highest BCUT2D eigenvalue weighted by Gasteiger charge is 2.70. The summed E-state index contributed by atoms with van der Waals surface area (Å²) in [6.07, 6.45) is 15.2. The number of rotatable bonds is 13. The van der Waals surface area contributed by atoms with E-state index in [1.54, 1.807) is 25.7 Å². The molecule has 4 aliphatic carbocycles. The molecule has 5 aliphatic rings. The van der Waals surface area contributed by atoms with Crippen molar-refractivity contribution in [1.29, 1.82) is 0 Å². The molecule has 290 valence electrons. The summed E-state index contributed by atoms with van der Waals surface area (Å²) < 4.78 is 25.9. The van der Waals surface area contributed by atoms with Gasteiger partial charge in [-0.2, -0.15) is 0 Å². The first-order chi connectivity index (χ1) is 24.3. The van der Waals surface area contributed by atoms with Crippen LogP contribution in [-0.4, -0.2) is 89.6 Å². The fourth-order valence-electron chi connectivity index (χ4n) is 9.08. The molecule has 0 aromatic heterocycles. The summed E-state index contributed by atoms with van der Waals surface area (Å²) in [5, 5.41) is 11.6. The third-order valence-electron chi connectivity index (χ3n) is 12.9. The Hall–Kier alpha value is -3.14. The van der Waals surface area contributed by atoms with Crippen molar-refractivity contribution in [2.45, 2.75) is 166 Å². The number of nitrogens with one attached hydrogen (secondary N) is 4. The van der Waals surface area contributed by atoms with Crippen molar-refractivity contribution in [3.8, 4) is 12.3 Å². The number of nitrogens with zero attached hydrogens (tertiary/aromatic N) is 1. The van der Waals surface area contributed by atoms with Crippen LogP contribution in [0.25, 0.3) is 0 Å². The Kier molecular flexibility index (Phi) is 11.5. The van der Waals surface area contributed by atoms with Crippen LogP contribution in [0.3, 0.4) is 0 Å². The number of sulfone groups is 1. The van der Waals surface area contributed by atoms with Crippen molar-refractivity contribution in [3.05, 3.63) is 0 Å². The van der Waals surface area contributed by atoms with Crippen molar-refractivity contribution < 1.29 is 32.4 Å². The second-order valence-corrected chi connectivity index (χ2v) is 21.0. The second kappa shape index (κ2) is 14.9. The standard InChI is InChI=1S/C39H61N5O7S/c1-8-9-16-27(30(45)33(47)40-25-17-18-25)41-32(46)29-28-26(37(28,5)6)23-44(29)34(48)31(38(7)19-12-10-13-20-38)42-35(49)43-39(21-14-11-15-22-39)24-52(50,51)36(2,3)4/h1,25-29,31H,9-24H2,2-7H3,(H,40,47)(H,41,46)(H2,42,43,49)/t26-,27-,28-,29-,31+/m0/s1. The molecule has 0 aromatic rings. The van der Waals surface area contributed by atoms with Crippen molar-refractivity contribution in [3.63, 3.8) is 0 Å². The molecule has 12 nitrogen and oxygen atoms in total. The number of Topliss-reactive ketones (excluding diaryl/α,β-unsaturated/α-hetero) is 1. The molecule has 0 spiro atoms. The maximum absolute atomic E-state index is 14.9. The van der Waals surface area contributed by atoms with Gasteiger partial charge in [0.25, 0.3) is 5.91 Å². The predicted octanol–water partition coefficient (Wildman–Crippen LogP) is 3.77. The van der Waals surface area contributed by atoms with Crippen LogP contribution in [0, 0.1) is 35.0 Å². The van der Waals surface area contributed by atoms with Crippen LogP contribution in [0.4, 0.5) is 4.79 Å². The molecule has 5 rings (SSSR count). The number of hydrogen-bond acceptors (Lipinski definition) is 7. The Labute approximate surface area is 310 Å². The summed E-state index contributed by atoms with van der Waals surface area (Å²) in [5.41, 5.74) is -1.77. The maximum Gasteiger partial charge on any atom is 0.315 e. The highest BCUT2D eigenvalue weighted by molar-refractivity contribution is 7.92. The Morgan fingerprint density at radius 2 is 1.50 bits per heavy atom. The summed E-state index contributed by atoms with van der Waals surface area (Å²) in [5.74, 6) is -0.182. The lowest BCUT2D eigenvalue weighted by atomic mass is 9.70. The first kappa shape index (κ1) is 40.1. The molecule has 5 atom stereocenters. The van der Waals surface area contributed by atoms with Crippen molar-refractivity contribution in [1.82, 2.24) is 26.2 Å². The summed E-state index contributed by atoms with van der Waals surface area (Å²) in [6, 6.07) is -3.61. The fraction of sp³-hybridized carbons (Fsp3) is 0.821. The van der Waals surface area contributed by atoms with Gasteiger partial charge in [-0.1, -0.05) is 59.3 Å². The molecule has 0 aromatic carbocycles. The van der Waals surface area contributed by atoms with Gasteiger partial charge in [-0.3, -0.25) is 19.2 Å². The van der Waals surface area contributed by atoms with Crippen molar-refractivity contribution in [2.24, 2.45) is 22.7 Å². The molecule has 0 bridgehead atoms. The highest BCUT2D eigenvalue weighted by Crippen LogP contribution is 2.65. The topological polar surface area (TPSA) is 171 Å². The third-order valence-corrected chi connectivity index (χ3v) is 15.7. The van der Waals surface area contributed by atoms with E-state index in [4.69, 9.17) is 6.42 Å². The van der Waals surface area contributed by atoms with E-state index >= 15 is 0 Å². The number of likely N-dealkylation sites (tertiary alicyclic amines) is 1. The number of carbonyl (C=O) groups excluding carboxylic acids is 5. The molecule has 4 saturated carbocycles. The molecule has 5 amide bonds. The fourth-order valence-corrected chi connectivity index (χ4v) is 10.6.